The molecule has 1 aliphatic heterocycles. The van der Waals surface area contributed by atoms with Gasteiger partial charge in [0.15, 0.2) is 11.6 Å². The Hall–Kier alpha value is -1.38. The Bertz CT molecular complexity index is 981. The molecule has 182 valence electrons. The van der Waals surface area contributed by atoms with Crippen molar-refractivity contribution in [2.75, 3.05) is 7.11 Å². The topological polar surface area (TPSA) is 54.0 Å². The van der Waals surface area contributed by atoms with E-state index >= 15 is 0 Å². The van der Waals surface area contributed by atoms with Crippen LogP contribution in [0.2, 0.25) is 0 Å². The third kappa shape index (κ3) is 3.68. The zero-order chi connectivity index (χ0) is 24.6. The molecule has 1 saturated heterocycles. The number of alkyl halides is 1. The molecule has 1 aromatic rings. The van der Waals surface area contributed by atoms with E-state index in [0.717, 1.165) is 25.3 Å². The number of carbonyl (C=O) groups is 1. The van der Waals surface area contributed by atoms with Gasteiger partial charge < -0.3 is 18.8 Å². The van der Waals surface area contributed by atoms with Gasteiger partial charge in [0.1, 0.15) is 16.9 Å². The molecule has 1 heterocycles. The average molecular weight is 485 g/mol. The smallest absolute Gasteiger partial charge is 0.477 e. The minimum Gasteiger partial charge on any atom is -0.495 e. The molecule has 0 amide bonds. The van der Waals surface area contributed by atoms with E-state index in [1.165, 1.54) is 7.11 Å². The summed E-state index contributed by atoms with van der Waals surface area (Å²) in [6.07, 6.45) is 2.94. The van der Waals surface area contributed by atoms with Gasteiger partial charge in [0.2, 0.25) is 0 Å². The van der Waals surface area contributed by atoms with Crippen molar-refractivity contribution in [3.05, 3.63) is 28.8 Å². The van der Waals surface area contributed by atoms with Crippen molar-refractivity contribution >= 4 is 24.7 Å². The van der Waals surface area contributed by atoms with Gasteiger partial charge in [0, 0.05) is 0 Å². The number of rotatable bonds is 5. The van der Waals surface area contributed by atoms with Gasteiger partial charge in [-0.15, -0.1) is 11.6 Å². The van der Waals surface area contributed by atoms with Crippen LogP contribution in [0, 0.1) is 23.0 Å². The lowest BCUT2D eigenvalue weighted by atomic mass is 9.41. The van der Waals surface area contributed by atoms with E-state index in [1.807, 2.05) is 0 Å². The molecule has 4 fully saturated rings. The molecule has 4 atom stereocenters. The van der Waals surface area contributed by atoms with Crippen molar-refractivity contribution in [3.63, 3.8) is 0 Å². The van der Waals surface area contributed by atoms with Crippen molar-refractivity contribution in [2.45, 2.75) is 89.3 Å². The fourth-order valence-corrected chi connectivity index (χ4v) is 6.31. The average Bonchev–Trinajstić information content (AvgIpc) is 3.05. The van der Waals surface area contributed by atoms with Crippen LogP contribution >= 0.6 is 11.6 Å². The fraction of sp³-hybridized carbons (Fsp3) is 0.708. The van der Waals surface area contributed by atoms with E-state index in [-0.39, 0.29) is 23.1 Å². The van der Waals surface area contributed by atoms with Crippen LogP contribution in [0.1, 0.15) is 76.7 Å². The van der Waals surface area contributed by atoms with Crippen molar-refractivity contribution in [2.24, 2.45) is 11.3 Å². The number of ether oxygens (including phenoxy) is 2. The summed E-state index contributed by atoms with van der Waals surface area (Å²) >= 11 is 6.74. The van der Waals surface area contributed by atoms with Crippen molar-refractivity contribution in [1.82, 2.24) is 0 Å². The summed E-state index contributed by atoms with van der Waals surface area (Å²) in [6.45, 7) is 11.4. The van der Waals surface area contributed by atoms with Crippen molar-refractivity contribution in [3.8, 4) is 5.75 Å². The van der Waals surface area contributed by atoms with E-state index < -0.39 is 52.4 Å². The first-order valence-corrected chi connectivity index (χ1v) is 11.9. The van der Waals surface area contributed by atoms with Crippen LogP contribution in [0.5, 0.6) is 5.75 Å². The zero-order valence-electron chi connectivity index (χ0n) is 20.3. The maximum atomic E-state index is 14.6. The van der Waals surface area contributed by atoms with Crippen LogP contribution in [0.4, 0.5) is 8.78 Å². The summed E-state index contributed by atoms with van der Waals surface area (Å²) in [7, 11) is 0.569. The van der Waals surface area contributed by atoms with Gasteiger partial charge in [0.25, 0.3) is 0 Å². The van der Waals surface area contributed by atoms with Crippen molar-refractivity contribution < 1.29 is 32.4 Å². The maximum absolute atomic E-state index is 14.6. The lowest BCUT2D eigenvalue weighted by Gasteiger charge is -2.69. The second kappa shape index (κ2) is 7.82. The molecule has 1 aromatic carbocycles. The molecule has 0 aromatic heterocycles. The summed E-state index contributed by atoms with van der Waals surface area (Å²) in [5.41, 5.74) is -2.13. The Balaban J connectivity index is 1.61. The van der Waals surface area contributed by atoms with Crippen LogP contribution in [0.15, 0.2) is 6.07 Å². The number of hydrogen-bond acceptors (Lipinski definition) is 5. The van der Waals surface area contributed by atoms with Gasteiger partial charge in [-0.1, -0.05) is 13.8 Å². The van der Waals surface area contributed by atoms with Gasteiger partial charge in [0.05, 0.1) is 23.6 Å². The molecule has 3 saturated carbocycles. The van der Waals surface area contributed by atoms with E-state index in [9.17, 15) is 13.6 Å². The zero-order valence-corrected chi connectivity index (χ0v) is 21.1. The highest BCUT2D eigenvalue weighted by molar-refractivity contribution is 6.60. The lowest BCUT2D eigenvalue weighted by Crippen LogP contribution is -2.73. The predicted octanol–water partition coefficient (Wildman–Crippen LogP) is 5.49. The number of benzene rings is 1. The summed E-state index contributed by atoms with van der Waals surface area (Å²) in [5, 5.41) is -0.707. The Morgan fingerprint density at radius 1 is 1.30 bits per heavy atom. The quantitative estimate of drug-likeness (QED) is 0.314. The van der Waals surface area contributed by atoms with E-state index in [1.54, 1.807) is 20.8 Å². The van der Waals surface area contributed by atoms with Crippen molar-refractivity contribution in [1.29, 1.82) is 0 Å². The monoisotopic (exact) mass is 484 g/mol. The first-order valence-electron chi connectivity index (χ1n) is 11.4. The molecule has 0 radical (unpaired) electrons. The van der Waals surface area contributed by atoms with Crippen LogP contribution in [-0.4, -0.2) is 42.3 Å². The predicted molar refractivity (Wildman–Crippen MR) is 122 cm³/mol. The highest BCUT2D eigenvalue weighted by atomic mass is 35.5. The maximum Gasteiger partial charge on any atom is 0.477 e. The van der Waals surface area contributed by atoms with Crippen LogP contribution in [0.3, 0.4) is 0 Å². The molecule has 9 heteroatoms. The number of hydrogen-bond donors (Lipinski definition) is 0. The van der Waals surface area contributed by atoms with Gasteiger partial charge in [-0.25, -0.2) is 13.6 Å². The normalized spacial score (nSPS) is 31.0. The first kappa shape index (κ1) is 24.7. The summed E-state index contributed by atoms with van der Waals surface area (Å²) < 4.78 is 52.6. The second-order valence-electron chi connectivity index (χ2n) is 11.3. The highest BCUT2D eigenvalue weighted by Gasteiger charge is 2.76. The van der Waals surface area contributed by atoms with Gasteiger partial charge in [-0.05, 0) is 76.3 Å². The molecule has 5 nitrogen and oxygen atoms in total. The van der Waals surface area contributed by atoms with Crippen LogP contribution in [0.25, 0.3) is 0 Å². The Kier molecular flexibility index (Phi) is 5.86. The molecule has 4 aliphatic rings. The molecular weight excluding hydrogens is 453 g/mol. The van der Waals surface area contributed by atoms with E-state index in [0.29, 0.717) is 5.92 Å². The van der Waals surface area contributed by atoms with E-state index in [4.69, 9.17) is 30.4 Å². The molecule has 1 spiro atoms. The first-order chi connectivity index (χ1) is 15.2. The molecule has 2 bridgehead atoms. The minimum atomic E-state index is -1.32. The molecule has 3 unspecified atom stereocenters. The summed E-state index contributed by atoms with van der Waals surface area (Å²) in [6, 6.07) is 1.00. The second-order valence-corrected chi connectivity index (χ2v) is 11.8. The Morgan fingerprint density at radius 3 is 2.52 bits per heavy atom. The molecule has 5 rings (SSSR count). The van der Waals surface area contributed by atoms with Gasteiger partial charge >= 0.3 is 13.1 Å². The lowest BCUT2D eigenvalue weighted by molar-refractivity contribution is -0.257. The summed E-state index contributed by atoms with van der Waals surface area (Å²) in [5.74, 6) is -3.01. The van der Waals surface area contributed by atoms with Gasteiger partial charge in [-0.2, -0.15) is 0 Å². The Labute approximate surface area is 199 Å². The molecular formula is C24H32BClF2O5. The minimum absolute atomic E-state index is 0.0328. The number of fused-ring (bicyclic) bond motifs is 1. The number of carbonyl (C=O) groups excluding carboxylic acids is 1. The number of esters is 1. The number of methoxy groups -OCH3 is 1. The summed E-state index contributed by atoms with van der Waals surface area (Å²) in [4.78, 5) is 12.6. The third-order valence-corrected chi connectivity index (χ3v) is 8.24. The third-order valence-electron chi connectivity index (χ3n) is 7.88. The van der Waals surface area contributed by atoms with E-state index in [2.05, 4.69) is 20.8 Å². The fourth-order valence-electron chi connectivity index (χ4n) is 6.04. The van der Waals surface area contributed by atoms with Crippen LogP contribution < -0.4 is 4.74 Å². The largest absolute Gasteiger partial charge is 0.495 e. The molecule has 33 heavy (non-hydrogen) atoms. The number of halogens is 3. The molecule has 0 N–H and O–H groups in total. The SMILES string of the molecule is COc1c(C[C@@H](Cl)B2OC3(C)CCC4CC3(O2)C4(C)C)cc(F)c(F)c1C(=O)OC(C)(C)C. The Morgan fingerprint density at radius 2 is 1.97 bits per heavy atom. The molecule has 3 aliphatic carbocycles. The van der Waals surface area contributed by atoms with Gasteiger partial charge in [-0.3, -0.25) is 0 Å². The highest BCUT2D eigenvalue weighted by Crippen LogP contribution is 2.70. The standard InChI is InChI=1S/C24H32BClF2O5/c1-21(2,3)31-20(29)17-18(28)15(27)10-13(19(17)30-7)11-16(26)25-32-23(6)9-8-14-12-24(23,33-25)22(14,4)5/h10,14,16H,8-9,11-12H2,1-7H3/t14?,16-,23?,24?/m1/s1. The van der Waals surface area contributed by atoms with Crippen LogP contribution in [-0.2, 0) is 20.5 Å².